The zero-order chi connectivity index (χ0) is 11.1. The van der Waals surface area contributed by atoms with E-state index in [2.05, 4.69) is 13.2 Å². The van der Waals surface area contributed by atoms with Crippen molar-refractivity contribution in [1.82, 2.24) is 0 Å². The van der Waals surface area contributed by atoms with Crippen molar-refractivity contribution in [2.75, 3.05) is 13.2 Å². The van der Waals surface area contributed by atoms with E-state index in [-0.39, 0.29) is 12.4 Å². The number of para-hydroxylation sites is 1. The third-order valence-electron chi connectivity index (χ3n) is 1.63. The standard InChI is InChI=1S/C12H13FO2/c1-3-8-14-11-7-5-6-10(13)12(11)15-9-4-2/h3-7H,1-2,8-9H2. The number of rotatable bonds is 6. The highest BCUT2D eigenvalue weighted by Gasteiger charge is 2.09. The molecule has 0 saturated heterocycles. The molecule has 0 unspecified atom stereocenters. The van der Waals surface area contributed by atoms with Crippen LogP contribution in [0.2, 0.25) is 0 Å². The van der Waals surface area contributed by atoms with Crippen molar-refractivity contribution in [3.8, 4) is 11.5 Å². The highest BCUT2D eigenvalue weighted by Crippen LogP contribution is 2.29. The smallest absolute Gasteiger partial charge is 0.197 e. The van der Waals surface area contributed by atoms with Crippen LogP contribution in [0.25, 0.3) is 0 Å². The van der Waals surface area contributed by atoms with E-state index in [0.717, 1.165) is 0 Å². The second-order valence-corrected chi connectivity index (χ2v) is 2.77. The van der Waals surface area contributed by atoms with Crippen molar-refractivity contribution >= 4 is 0 Å². The molecule has 1 aromatic carbocycles. The SMILES string of the molecule is C=CCOc1cccc(F)c1OCC=C. The van der Waals surface area contributed by atoms with Gasteiger partial charge in [0.1, 0.15) is 13.2 Å². The molecule has 0 aliphatic carbocycles. The summed E-state index contributed by atoms with van der Waals surface area (Å²) in [4.78, 5) is 0. The van der Waals surface area contributed by atoms with E-state index in [9.17, 15) is 4.39 Å². The molecule has 1 aromatic rings. The molecule has 0 amide bonds. The summed E-state index contributed by atoms with van der Waals surface area (Å²) in [5, 5.41) is 0. The molecule has 0 bridgehead atoms. The van der Waals surface area contributed by atoms with E-state index < -0.39 is 5.82 Å². The Bertz CT molecular complexity index is 347. The number of benzene rings is 1. The average Bonchev–Trinajstić information content (AvgIpc) is 2.25. The van der Waals surface area contributed by atoms with Crippen molar-refractivity contribution in [3.63, 3.8) is 0 Å². The Labute approximate surface area is 88.6 Å². The highest BCUT2D eigenvalue weighted by atomic mass is 19.1. The summed E-state index contributed by atoms with van der Waals surface area (Å²) in [5.74, 6) is 0.0365. The third kappa shape index (κ3) is 3.13. The lowest BCUT2D eigenvalue weighted by Crippen LogP contribution is -2.01. The molecule has 15 heavy (non-hydrogen) atoms. The number of hydrogen-bond donors (Lipinski definition) is 0. The third-order valence-corrected chi connectivity index (χ3v) is 1.63. The van der Waals surface area contributed by atoms with Crippen molar-refractivity contribution < 1.29 is 13.9 Å². The fraction of sp³-hybridized carbons (Fsp3) is 0.167. The van der Waals surface area contributed by atoms with Crippen LogP contribution in [-0.2, 0) is 0 Å². The van der Waals surface area contributed by atoms with Gasteiger partial charge in [-0.3, -0.25) is 0 Å². The maximum Gasteiger partial charge on any atom is 0.197 e. The van der Waals surface area contributed by atoms with Gasteiger partial charge in [0, 0.05) is 0 Å². The molecular formula is C12H13FO2. The van der Waals surface area contributed by atoms with Crippen LogP contribution in [0.5, 0.6) is 11.5 Å². The number of halogens is 1. The maximum absolute atomic E-state index is 13.3. The first-order valence-electron chi connectivity index (χ1n) is 4.55. The Morgan fingerprint density at radius 2 is 1.80 bits per heavy atom. The quantitative estimate of drug-likeness (QED) is 0.669. The fourth-order valence-electron chi connectivity index (χ4n) is 1.03. The molecule has 3 heteroatoms. The molecule has 0 atom stereocenters. The van der Waals surface area contributed by atoms with Crippen molar-refractivity contribution in [2.45, 2.75) is 0 Å². The minimum absolute atomic E-state index is 0.110. The second-order valence-electron chi connectivity index (χ2n) is 2.77. The lowest BCUT2D eigenvalue weighted by atomic mass is 10.3. The highest BCUT2D eigenvalue weighted by molar-refractivity contribution is 5.41. The van der Waals surface area contributed by atoms with Crippen LogP contribution in [0.3, 0.4) is 0 Å². The predicted molar refractivity (Wildman–Crippen MR) is 57.8 cm³/mol. The number of hydrogen-bond acceptors (Lipinski definition) is 2. The fourth-order valence-corrected chi connectivity index (χ4v) is 1.03. The molecule has 0 aromatic heterocycles. The molecule has 0 radical (unpaired) electrons. The molecule has 0 aliphatic heterocycles. The summed E-state index contributed by atoms with van der Waals surface area (Å²) < 4.78 is 23.7. The minimum Gasteiger partial charge on any atom is -0.486 e. The van der Waals surface area contributed by atoms with Gasteiger partial charge in [-0.25, -0.2) is 4.39 Å². The van der Waals surface area contributed by atoms with Crippen LogP contribution >= 0.6 is 0 Å². The van der Waals surface area contributed by atoms with Crippen LogP contribution in [-0.4, -0.2) is 13.2 Å². The Morgan fingerprint density at radius 1 is 1.13 bits per heavy atom. The molecule has 2 nitrogen and oxygen atoms in total. The Balaban J connectivity index is 2.86. The van der Waals surface area contributed by atoms with Gasteiger partial charge in [0.2, 0.25) is 0 Å². The summed E-state index contributed by atoms with van der Waals surface area (Å²) >= 11 is 0. The Hall–Kier alpha value is -1.77. The largest absolute Gasteiger partial charge is 0.486 e. The average molecular weight is 208 g/mol. The van der Waals surface area contributed by atoms with Gasteiger partial charge in [0.15, 0.2) is 17.3 Å². The molecule has 0 spiro atoms. The van der Waals surface area contributed by atoms with Gasteiger partial charge >= 0.3 is 0 Å². The topological polar surface area (TPSA) is 18.5 Å². The zero-order valence-corrected chi connectivity index (χ0v) is 8.41. The first-order valence-corrected chi connectivity index (χ1v) is 4.55. The lowest BCUT2D eigenvalue weighted by molar-refractivity contribution is 0.294. The van der Waals surface area contributed by atoms with E-state index in [0.29, 0.717) is 12.4 Å². The first kappa shape index (κ1) is 11.3. The van der Waals surface area contributed by atoms with Crippen molar-refractivity contribution in [3.05, 3.63) is 49.3 Å². The zero-order valence-electron chi connectivity index (χ0n) is 8.41. The molecule has 0 N–H and O–H groups in total. The van der Waals surface area contributed by atoms with Crippen LogP contribution < -0.4 is 9.47 Å². The molecule has 0 saturated carbocycles. The van der Waals surface area contributed by atoms with Crippen molar-refractivity contribution in [1.29, 1.82) is 0 Å². The monoisotopic (exact) mass is 208 g/mol. The minimum atomic E-state index is -0.446. The van der Waals surface area contributed by atoms with Gasteiger partial charge < -0.3 is 9.47 Å². The van der Waals surface area contributed by atoms with Gasteiger partial charge in [0.25, 0.3) is 0 Å². The van der Waals surface area contributed by atoms with Gasteiger partial charge in [0.05, 0.1) is 0 Å². The molecule has 80 valence electrons. The Morgan fingerprint density at radius 3 is 2.47 bits per heavy atom. The van der Waals surface area contributed by atoms with E-state index in [4.69, 9.17) is 9.47 Å². The summed E-state index contributed by atoms with van der Waals surface area (Å²) in [7, 11) is 0. The van der Waals surface area contributed by atoms with Gasteiger partial charge in [-0.05, 0) is 12.1 Å². The van der Waals surface area contributed by atoms with Crippen LogP contribution in [0.15, 0.2) is 43.5 Å². The van der Waals surface area contributed by atoms with E-state index in [1.165, 1.54) is 6.07 Å². The molecule has 1 rings (SSSR count). The summed E-state index contributed by atoms with van der Waals surface area (Å²) in [6.07, 6.45) is 3.13. The van der Waals surface area contributed by atoms with Gasteiger partial charge in [-0.1, -0.05) is 31.4 Å². The van der Waals surface area contributed by atoms with Gasteiger partial charge in [-0.2, -0.15) is 0 Å². The van der Waals surface area contributed by atoms with E-state index in [1.54, 1.807) is 24.3 Å². The Kier molecular flexibility index (Phi) is 4.41. The second kappa shape index (κ2) is 5.86. The predicted octanol–water partition coefficient (Wildman–Crippen LogP) is 2.96. The van der Waals surface area contributed by atoms with Crippen LogP contribution in [0.4, 0.5) is 4.39 Å². The number of ether oxygens (including phenoxy) is 2. The summed E-state index contributed by atoms with van der Waals surface area (Å²) in [6, 6.07) is 4.53. The lowest BCUT2D eigenvalue weighted by Gasteiger charge is -2.10. The summed E-state index contributed by atoms with van der Waals surface area (Å²) in [6.45, 7) is 7.56. The molecular weight excluding hydrogens is 195 g/mol. The van der Waals surface area contributed by atoms with Crippen LogP contribution in [0.1, 0.15) is 0 Å². The first-order chi connectivity index (χ1) is 7.29. The van der Waals surface area contributed by atoms with E-state index in [1.807, 2.05) is 0 Å². The summed E-state index contributed by atoms with van der Waals surface area (Å²) in [5.41, 5.74) is 0. The molecule has 0 heterocycles. The van der Waals surface area contributed by atoms with Gasteiger partial charge in [-0.15, -0.1) is 0 Å². The van der Waals surface area contributed by atoms with Crippen molar-refractivity contribution in [2.24, 2.45) is 0 Å². The normalized spacial score (nSPS) is 9.40. The van der Waals surface area contributed by atoms with E-state index >= 15 is 0 Å². The molecule has 0 fully saturated rings. The maximum atomic E-state index is 13.3. The molecule has 0 aliphatic rings. The van der Waals surface area contributed by atoms with Crippen LogP contribution in [0, 0.1) is 5.82 Å².